The van der Waals surface area contributed by atoms with Gasteiger partial charge in [-0.25, -0.2) is 0 Å². The molecule has 0 atom stereocenters. The Morgan fingerprint density at radius 1 is 0.833 bits per heavy atom. The largest absolute Gasteiger partial charge is 0.395 e. The van der Waals surface area contributed by atoms with Crippen molar-refractivity contribution in [1.29, 1.82) is 0 Å². The van der Waals surface area contributed by atoms with E-state index in [-0.39, 0.29) is 13.2 Å². The van der Waals surface area contributed by atoms with Crippen LogP contribution in [0.25, 0.3) is 0 Å². The summed E-state index contributed by atoms with van der Waals surface area (Å²) in [6.07, 6.45) is 3.38. The minimum atomic E-state index is -3.42. The predicted octanol–water partition coefficient (Wildman–Crippen LogP) is 1.45. The Morgan fingerprint density at radius 2 is 1.33 bits per heavy atom. The SMILES string of the molecule is CCCCN(CCO)S(=O)(=O)N(CCC)CCC. The number of aliphatic hydroxyl groups excluding tert-OH is 1. The van der Waals surface area contributed by atoms with E-state index in [4.69, 9.17) is 5.11 Å². The summed E-state index contributed by atoms with van der Waals surface area (Å²) in [5.74, 6) is 0. The third kappa shape index (κ3) is 5.65. The van der Waals surface area contributed by atoms with E-state index in [0.29, 0.717) is 19.6 Å². The van der Waals surface area contributed by atoms with Crippen molar-refractivity contribution in [3.63, 3.8) is 0 Å². The van der Waals surface area contributed by atoms with Crippen molar-refractivity contribution in [2.45, 2.75) is 46.5 Å². The Hall–Kier alpha value is -0.170. The summed E-state index contributed by atoms with van der Waals surface area (Å²) in [6, 6.07) is 0. The summed E-state index contributed by atoms with van der Waals surface area (Å²) in [7, 11) is -3.42. The van der Waals surface area contributed by atoms with E-state index in [9.17, 15) is 8.42 Å². The van der Waals surface area contributed by atoms with Gasteiger partial charge in [0.05, 0.1) is 6.61 Å². The third-order valence-corrected chi connectivity index (χ3v) is 4.74. The van der Waals surface area contributed by atoms with Crippen LogP contribution in [0.2, 0.25) is 0 Å². The molecular formula is C12H28N2O3S. The standard InChI is InChI=1S/C12H28N2O3S/c1-4-7-10-14(11-12-15)18(16,17)13(8-5-2)9-6-3/h15H,4-12H2,1-3H3. The van der Waals surface area contributed by atoms with Crippen molar-refractivity contribution < 1.29 is 13.5 Å². The predicted molar refractivity (Wildman–Crippen MR) is 74.6 cm³/mol. The molecule has 0 aliphatic heterocycles. The molecule has 5 nitrogen and oxygen atoms in total. The van der Waals surface area contributed by atoms with Gasteiger partial charge >= 0.3 is 0 Å². The van der Waals surface area contributed by atoms with Gasteiger partial charge in [0, 0.05) is 26.2 Å². The summed E-state index contributed by atoms with van der Waals surface area (Å²) in [5.41, 5.74) is 0. The number of hydrogen-bond acceptors (Lipinski definition) is 3. The molecular weight excluding hydrogens is 252 g/mol. The van der Waals surface area contributed by atoms with Crippen molar-refractivity contribution in [2.75, 3.05) is 32.8 Å². The lowest BCUT2D eigenvalue weighted by atomic mass is 10.3. The average molecular weight is 280 g/mol. The van der Waals surface area contributed by atoms with Gasteiger partial charge in [-0.3, -0.25) is 0 Å². The van der Waals surface area contributed by atoms with E-state index < -0.39 is 10.2 Å². The van der Waals surface area contributed by atoms with Gasteiger partial charge in [0.2, 0.25) is 0 Å². The number of aliphatic hydroxyl groups is 1. The van der Waals surface area contributed by atoms with E-state index in [1.165, 1.54) is 8.61 Å². The summed E-state index contributed by atoms with van der Waals surface area (Å²) >= 11 is 0. The Bertz CT molecular complexity index is 288. The van der Waals surface area contributed by atoms with Gasteiger partial charge < -0.3 is 5.11 Å². The second kappa shape index (κ2) is 9.72. The van der Waals surface area contributed by atoms with Gasteiger partial charge in [-0.2, -0.15) is 17.0 Å². The van der Waals surface area contributed by atoms with Crippen molar-refractivity contribution >= 4 is 10.2 Å². The molecule has 0 aliphatic carbocycles. The Labute approximate surface area is 112 Å². The first-order valence-electron chi connectivity index (χ1n) is 6.90. The first kappa shape index (κ1) is 17.8. The Kier molecular flexibility index (Phi) is 9.63. The fourth-order valence-corrected chi connectivity index (χ4v) is 3.62. The van der Waals surface area contributed by atoms with Crippen molar-refractivity contribution in [3.05, 3.63) is 0 Å². The maximum atomic E-state index is 12.4. The van der Waals surface area contributed by atoms with E-state index in [1.54, 1.807) is 0 Å². The van der Waals surface area contributed by atoms with Gasteiger partial charge in [0.25, 0.3) is 10.2 Å². The number of nitrogens with zero attached hydrogens (tertiary/aromatic N) is 2. The third-order valence-electron chi connectivity index (χ3n) is 2.71. The molecule has 0 unspecified atom stereocenters. The Morgan fingerprint density at radius 3 is 1.72 bits per heavy atom. The molecule has 0 radical (unpaired) electrons. The highest BCUT2D eigenvalue weighted by Crippen LogP contribution is 2.11. The van der Waals surface area contributed by atoms with E-state index in [2.05, 4.69) is 0 Å². The van der Waals surface area contributed by atoms with Crippen LogP contribution in [-0.2, 0) is 10.2 Å². The summed E-state index contributed by atoms with van der Waals surface area (Å²) in [5, 5.41) is 9.02. The maximum absolute atomic E-state index is 12.4. The van der Waals surface area contributed by atoms with Crippen LogP contribution in [0, 0.1) is 0 Å². The van der Waals surface area contributed by atoms with Crippen LogP contribution in [0.15, 0.2) is 0 Å². The minimum absolute atomic E-state index is 0.130. The molecule has 18 heavy (non-hydrogen) atoms. The molecule has 0 aromatic rings. The van der Waals surface area contributed by atoms with Crippen LogP contribution < -0.4 is 0 Å². The van der Waals surface area contributed by atoms with Crippen LogP contribution in [0.1, 0.15) is 46.5 Å². The van der Waals surface area contributed by atoms with E-state index >= 15 is 0 Å². The zero-order valence-electron chi connectivity index (χ0n) is 11.9. The average Bonchev–Trinajstić information content (AvgIpc) is 2.34. The quantitative estimate of drug-likeness (QED) is 0.623. The zero-order chi connectivity index (χ0) is 14.0. The molecule has 0 amide bonds. The van der Waals surface area contributed by atoms with Gasteiger partial charge in [0.1, 0.15) is 0 Å². The minimum Gasteiger partial charge on any atom is -0.395 e. The highest BCUT2D eigenvalue weighted by Gasteiger charge is 2.27. The first-order valence-corrected chi connectivity index (χ1v) is 8.30. The van der Waals surface area contributed by atoms with Crippen molar-refractivity contribution in [3.8, 4) is 0 Å². The van der Waals surface area contributed by atoms with Crippen LogP contribution in [0.4, 0.5) is 0 Å². The van der Waals surface area contributed by atoms with Crippen molar-refractivity contribution in [2.24, 2.45) is 0 Å². The van der Waals surface area contributed by atoms with Gasteiger partial charge in [-0.15, -0.1) is 0 Å². The second-order valence-electron chi connectivity index (χ2n) is 4.38. The first-order chi connectivity index (χ1) is 8.54. The molecule has 110 valence electrons. The lowest BCUT2D eigenvalue weighted by Gasteiger charge is -2.29. The van der Waals surface area contributed by atoms with Crippen molar-refractivity contribution in [1.82, 2.24) is 8.61 Å². The molecule has 0 fully saturated rings. The summed E-state index contributed by atoms with van der Waals surface area (Å²) in [4.78, 5) is 0. The fourth-order valence-electron chi connectivity index (χ4n) is 1.79. The van der Waals surface area contributed by atoms with Gasteiger partial charge in [-0.05, 0) is 19.3 Å². The molecule has 6 heteroatoms. The lowest BCUT2D eigenvalue weighted by Crippen LogP contribution is -2.46. The van der Waals surface area contributed by atoms with E-state index in [0.717, 1.165) is 25.7 Å². The molecule has 0 aromatic carbocycles. The summed E-state index contributed by atoms with van der Waals surface area (Å²) in [6.45, 7) is 7.61. The number of unbranched alkanes of at least 4 members (excludes halogenated alkanes) is 1. The van der Waals surface area contributed by atoms with Gasteiger partial charge in [-0.1, -0.05) is 27.2 Å². The molecule has 0 saturated carbocycles. The van der Waals surface area contributed by atoms with Gasteiger partial charge in [0.15, 0.2) is 0 Å². The number of rotatable bonds is 11. The smallest absolute Gasteiger partial charge is 0.282 e. The second-order valence-corrected chi connectivity index (χ2v) is 6.31. The van der Waals surface area contributed by atoms with E-state index in [1.807, 2.05) is 20.8 Å². The molecule has 0 saturated heterocycles. The molecule has 0 heterocycles. The molecule has 0 rings (SSSR count). The fraction of sp³-hybridized carbons (Fsp3) is 1.00. The Balaban J connectivity index is 4.85. The topological polar surface area (TPSA) is 60.9 Å². The monoisotopic (exact) mass is 280 g/mol. The van der Waals surface area contributed by atoms with Crippen LogP contribution >= 0.6 is 0 Å². The molecule has 0 aromatic heterocycles. The summed E-state index contributed by atoms with van der Waals surface area (Å²) < 4.78 is 27.8. The molecule has 0 spiro atoms. The van der Waals surface area contributed by atoms with Crippen LogP contribution in [0.5, 0.6) is 0 Å². The number of hydrogen-bond donors (Lipinski definition) is 1. The molecule has 0 bridgehead atoms. The van der Waals surface area contributed by atoms with Crippen LogP contribution in [-0.4, -0.2) is 54.9 Å². The highest BCUT2D eigenvalue weighted by atomic mass is 32.2. The normalized spacial score (nSPS) is 12.6. The van der Waals surface area contributed by atoms with Crippen LogP contribution in [0.3, 0.4) is 0 Å². The molecule has 0 aliphatic rings. The highest BCUT2D eigenvalue weighted by molar-refractivity contribution is 7.86. The molecule has 1 N–H and O–H groups in total. The maximum Gasteiger partial charge on any atom is 0.282 e. The zero-order valence-corrected chi connectivity index (χ0v) is 12.7. The lowest BCUT2D eigenvalue weighted by molar-refractivity contribution is 0.241.